The third kappa shape index (κ3) is 2.26. The van der Waals surface area contributed by atoms with E-state index >= 15 is 0 Å². The number of aryl methyl sites for hydroxylation is 1. The van der Waals surface area contributed by atoms with Crippen LogP contribution in [0.2, 0.25) is 0 Å². The van der Waals surface area contributed by atoms with Gasteiger partial charge in [-0.2, -0.15) is 0 Å². The van der Waals surface area contributed by atoms with E-state index in [-0.39, 0.29) is 36.1 Å². The third-order valence-corrected chi connectivity index (χ3v) is 5.62. The highest BCUT2D eigenvalue weighted by Gasteiger charge is 2.60. The number of amides is 3. The van der Waals surface area contributed by atoms with Gasteiger partial charge in [0.2, 0.25) is 17.7 Å². The van der Waals surface area contributed by atoms with Gasteiger partial charge in [0.1, 0.15) is 6.54 Å². The molecule has 5 heteroatoms. The molecule has 3 fully saturated rings. The van der Waals surface area contributed by atoms with Crippen LogP contribution >= 0.6 is 0 Å². The Hall–Kier alpha value is -2.17. The Morgan fingerprint density at radius 3 is 2.43 bits per heavy atom. The first-order valence-electron chi connectivity index (χ1n) is 8.26. The van der Waals surface area contributed by atoms with Gasteiger partial charge in [-0.1, -0.05) is 12.1 Å². The molecule has 3 amide bonds. The van der Waals surface area contributed by atoms with E-state index in [4.69, 9.17) is 0 Å². The number of carbonyl (C=O) groups is 3. The topological polar surface area (TPSA) is 66.5 Å². The van der Waals surface area contributed by atoms with Gasteiger partial charge >= 0.3 is 0 Å². The first kappa shape index (κ1) is 14.4. The monoisotopic (exact) mass is 312 g/mol. The van der Waals surface area contributed by atoms with Crippen LogP contribution in [0.15, 0.2) is 24.3 Å². The average molecular weight is 312 g/mol. The van der Waals surface area contributed by atoms with Gasteiger partial charge in [0.15, 0.2) is 0 Å². The van der Waals surface area contributed by atoms with E-state index in [0.717, 1.165) is 24.8 Å². The molecule has 4 atom stereocenters. The van der Waals surface area contributed by atoms with E-state index in [0.29, 0.717) is 17.5 Å². The zero-order chi connectivity index (χ0) is 16.1. The fourth-order valence-corrected chi connectivity index (χ4v) is 4.69. The maximum atomic E-state index is 12.6. The van der Waals surface area contributed by atoms with Crippen molar-refractivity contribution >= 4 is 23.4 Å². The minimum absolute atomic E-state index is 0.133. The summed E-state index contributed by atoms with van der Waals surface area (Å²) in [6.45, 7) is 1.78. The zero-order valence-electron chi connectivity index (χ0n) is 13.1. The lowest BCUT2D eigenvalue weighted by Crippen LogP contribution is -2.39. The normalized spacial score (nSPS) is 31.6. The summed E-state index contributed by atoms with van der Waals surface area (Å²) in [6.07, 6.45) is 3.11. The van der Waals surface area contributed by atoms with Crippen LogP contribution in [-0.2, 0) is 14.4 Å². The first-order valence-corrected chi connectivity index (χ1v) is 8.26. The minimum atomic E-state index is -0.315. The quantitative estimate of drug-likeness (QED) is 0.868. The molecule has 0 radical (unpaired) electrons. The van der Waals surface area contributed by atoms with E-state index in [1.807, 2.05) is 25.1 Å². The highest BCUT2D eigenvalue weighted by atomic mass is 16.2. The standard InChI is InChI=1S/C18H20N2O3/c1-10-3-2-4-13(7-10)19-14(21)9-20-17(22)15-11-5-6-12(8-11)16(15)18(20)23/h2-4,7,11-12,15-16H,5-6,8-9H2,1H3,(H,19,21)/t11-,12-,15-,16+/m0/s1. The van der Waals surface area contributed by atoms with Crippen molar-refractivity contribution in [2.24, 2.45) is 23.7 Å². The second kappa shape index (κ2) is 5.18. The molecule has 120 valence electrons. The molecule has 1 heterocycles. The predicted molar refractivity (Wildman–Crippen MR) is 84.3 cm³/mol. The summed E-state index contributed by atoms with van der Waals surface area (Å²) in [4.78, 5) is 38.5. The van der Waals surface area contributed by atoms with E-state index in [1.165, 1.54) is 4.90 Å². The summed E-state index contributed by atoms with van der Waals surface area (Å²) in [5.41, 5.74) is 1.73. The lowest BCUT2D eigenvalue weighted by atomic mass is 9.81. The summed E-state index contributed by atoms with van der Waals surface area (Å²) in [5, 5.41) is 2.77. The Morgan fingerprint density at radius 2 is 1.83 bits per heavy atom. The smallest absolute Gasteiger partial charge is 0.244 e. The summed E-state index contributed by atoms with van der Waals surface area (Å²) in [6, 6.07) is 7.47. The van der Waals surface area contributed by atoms with Crippen molar-refractivity contribution < 1.29 is 14.4 Å². The number of imide groups is 1. The Labute approximate surface area is 135 Å². The van der Waals surface area contributed by atoms with Crippen molar-refractivity contribution in [3.63, 3.8) is 0 Å². The number of anilines is 1. The fraction of sp³-hybridized carbons (Fsp3) is 0.500. The molecule has 1 aromatic rings. The van der Waals surface area contributed by atoms with Gasteiger partial charge in [-0.25, -0.2) is 0 Å². The molecule has 1 aliphatic heterocycles. The van der Waals surface area contributed by atoms with Crippen molar-refractivity contribution in [2.75, 3.05) is 11.9 Å². The molecule has 3 aliphatic rings. The summed E-state index contributed by atoms with van der Waals surface area (Å²) in [5.74, 6) is -0.193. The van der Waals surface area contributed by atoms with Gasteiger partial charge < -0.3 is 5.32 Å². The van der Waals surface area contributed by atoms with Crippen LogP contribution < -0.4 is 5.32 Å². The first-order chi connectivity index (χ1) is 11.0. The number of hydrogen-bond acceptors (Lipinski definition) is 3. The molecule has 0 aromatic heterocycles. The Bertz CT molecular complexity index is 671. The molecule has 5 nitrogen and oxygen atoms in total. The molecule has 1 saturated heterocycles. The highest BCUT2D eigenvalue weighted by molar-refractivity contribution is 6.09. The van der Waals surface area contributed by atoms with E-state index in [9.17, 15) is 14.4 Å². The van der Waals surface area contributed by atoms with Gasteiger partial charge in [-0.15, -0.1) is 0 Å². The van der Waals surface area contributed by atoms with Crippen LogP contribution in [0.4, 0.5) is 5.69 Å². The van der Waals surface area contributed by atoms with Crippen molar-refractivity contribution in [3.8, 4) is 0 Å². The summed E-state index contributed by atoms with van der Waals surface area (Å²) >= 11 is 0. The Morgan fingerprint density at radius 1 is 1.17 bits per heavy atom. The molecule has 2 bridgehead atoms. The van der Waals surface area contributed by atoms with Crippen molar-refractivity contribution in [1.82, 2.24) is 4.90 Å². The average Bonchev–Trinajstić information content (AvgIpc) is 3.17. The van der Waals surface area contributed by atoms with Gasteiger partial charge in [0, 0.05) is 5.69 Å². The van der Waals surface area contributed by atoms with Crippen LogP contribution in [0, 0.1) is 30.6 Å². The van der Waals surface area contributed by atoms with Gasteiger partial charge in [0.05, 0.1) is 11.8 Å². The highest BCUT2D eigenvalue weighted by Crippen LogP contribution is 2.56. The number of rotatable bonds is 3. The summed E-state index contributed by atoms with van der Waals surface area (Å²) < 4.78 is 0. The van der Waals surface area contributed by atoms with Gasteiger partial charge in [-0.05, 0) is 55.7 Å². The minimum Gasteiger partial charge on any atom is -0.325 e. The van der Waals surface area contributed by atoms with Crippen molar-refractivity contribution in [1.29, 1.82) is 0 Å². The van der Waals surface area contributed by atoms with Crippen molar-refractivity contribution in [3.05, 3.63) is 29.8 Å². The zero-order valence-corrected chi connectivity index (χ0v) is 13.1. The molecule has 2 saturated carbocycles. The third-order valence-electron chi connectivity index (χ3n) is 5.62. The van der Waals surface area contributed by atoms with Crippen LogP contribution in [0.25, 0.3) is 0 Å². The number of hydrogen-bond donors (Lipinski definition) is 1. The second-order valence-corrected chi connectivity index (χ2v) is 7.07. The van der Waals surface area contributed by atoms with Crippen LogP contribution in [0.3, 0.4) is 0 Å². The molecule has 2 aliphatic carbocycles. The molecule has 1 N–H and O–H groups in total. The molecule has 23 heavy (non-hydrogen) atoms. The number of benzene rings is 1. The maximum Gasteiger partial charge on any atom is 0.244 e. The number of carbonyl (C=O) groups excluding carboxylic acids is 3. The van der Waals surface area contributed by atoms with Crippen LogP contribution in [0.5, 0.6) is 0 Å². The van der Waals surface area contributed by atoms with E-state index < -0.39 is 0 Å². The van der Waals surface area contributed by atoms with E-state index in [2.05, 4.69) is 5.32 Å². The number of nitrogens with one attached hydrogen (secondary N) is 1. The maximum absolute atomic E-state index is 12.6. The van der Waals surface area contributed by atoms with E-state index in [1.54, 1.807) is 6.07 Å². The van der Waals surface area contributed by atoms with Crippen LogP contribution in [-0.4, -0.2) is 29.2 Å². The largest absolute Gasteiger partial charge is 0.325 e. The Balaban J connectivity index is 1.46. The van der Waals surface area contributed by atoms with Crippen molar-refractivity contribution in [2.45, 2.75) is 26.2 Å². The fourth-order valence-electron chi connectivity index (χ4n) is 4.69. The molecular formula is C18H20N2O3. The van der Waals surface area contributed by atoms with Gasteiger partial charge in [-0.3, -0.25) is 19.3 Å². The summed E-state index contributed by atoms with van der Waals surface area (Å²) in [7, 11) is 0. The molecule has 4 rings (SSSR count). The molecule has 1 aromatic carbocycles. The molecule has 0 spiro atoms. The Kier molecular flexibility index (Phi) is 3.25. The SMILES string of the molecule is Cc1cccc(NC(=O)CN2C(=O)[C@@H]3[C@H]4CC[C@@H](C4)[C@@H]3C2=O)c1. The second-order valence-electron chi connectivity index (χ2n) is 7.07. The number of fused-ring (bicyclic) bond motifs is 5. The van der Waals surface area contributed by atoms with Crippen LogP contribution in [0.1, 0.15) is 24.8 Å². The predicted octanol–water partition coefficient (Wildman–Crippen LogP) is 1.96. The number of nitrogens with zero attached hydrogens (tertiary/aromatic N) is 1. The number of likely N-dealkylation sites (tertiary alicyclic amines) is 1. The molecular weight excluding hydrogens is 292 g/mol. The lowest BCUT2D eigenvalue weighted by molar-refractivity contribution is -0.143. The van der Waals surface area contributed by atoms with Gasteiger partial charge in [0.25, 0.3) is 0 Å². The lowest BCUT2D eigenvalue weighted by Gasteiger charge is -2.19. The molecule has 0 unspecified atom stereocenters.